The summed E-state index contributed by atoms with van der Waals surface area (Å²) in [7, 11) is 0. The van der Waals surface area contributed by atoms with Crippen molar-refractivity contribution in [3.63, 3.8) is 0 Å². The lowest BCUT2D eigenvalue weighted by molar-refractivity contribution is 0.706. The zero-order valence-corrected chi connectivity index (χ0v) is 15.3. The largest absolute Gasteiger partial charge is 0.347 e. The molecule has 3 rings (SSSR count). The van der Waals surface area contributed by atoms with Crippen molar-refractivity contribution in [1.29, 1.82) is 0 Å². The molecule has 1 atom stereocenters. The standard InChI is InChI=1S/C14H12Br3N3/c15-11-12(16)19-14(13(17)18-11)20-8-4-7-10(20)9-5-2-1-3-6-9/h1-3,5-6,10H,4,7-8H2. The molecule has 1 saturated heterocycles. The van der Waals surface area contributed by atoms with Gasteiger partial charge in [0.25, 0.3) is 0 Å². The highest BCUT2D eigenvalue weighted by Gasteiger charge is 2.29. The first kappa shape index (κ1) is 14.5. The van der Waals surface area contributed by atoms with Gasteiger partial charge < -0.3 is 4.90 Å². The van der Waals surface area contributed by atoms with E-state index >= 15 is 0 Å². The fraction of sp³-hybridized carbons (Fsp3) is 0.286. The molecule has 0 amide bonds. The van der Waals surface area contributed by atoms with E-state index in [-0.39, 0.29) is 0 Å². The lowest BCUT2D eigenvalue weighted by Gasteiger charge is -2.26. The minimum absolute atomic E-state index is 0.370. The Morgan fingerprint density at radius 1 is 0.950 bits per heavy atom. The Morgan fingerprint density at radius 3 is 2.40 bits per heavy atom. The van der Waals surface area contributed by atoms with E-state index in [0.717, 1.165) is 28.0 Å². The SMILES string of the molecule is Brc1nc(Br)c(N2CCCC2c2ccccc2)nc1Br. The second-order valence-electron chi connectivity index (χ2n) is 4.68. The van der Waals surface area contributed by atoms with E-state index in [9.17, 15) is 0 Å². The van der Waals surface area contributed by atoms with Crippen molar-refractivity contribution in [2.75, 3.05) is 11.4 Å². The number of benzene rings is 1. The monoisotopic (exact) mass is 459 g/mol. The Balaban J connectivity index is 1.99. The van der Waals surface area contributed by atoms with Gasteiger partial charge in [-0.25, -0.2) is 9.97 Å². The molecule has 1 aliphatic rings. The molecule has 2 aromatic rings. The highest BCUT2D eigenvalue weighted by molar-refractivity contribution is 9.13. The van der Waals surface area contributed by atoms with Crippen molar-refractivity contribution in [1.82, 2.24) is 9.97 Å². The van der Waals surface area contributed by atoms with E-state index in [2.05, 4.69) is 93.0 Å². The van der Waals surface area contributed by atoms with Crippen LogP contribution in [0.15, 0.2) is 44.1 Å². The van der Waals surface area contributed by atoms with Gasteiger partial charge in [0.1, 0.15) is 13.8 Å². The fourth-order valence-electron chi connectivity index (χ4n) is 2.59. The molecule has 0 spiro atoms. The van der Waals surface area contributed by atoms with Gasteiger partial charge in [0.05, 0.1) is 6.04 Å². The summed E-state index contributed by atoms with van der Waals surface area (Å²) in [4.78, 5) is 11.4. The maximum absolute atomic E-state index is 4.62. The van der Waals surface area contributed by atoms with Crippen molar-refractivity contribution in [3.8, 4) is 0 Å². The van der Waals surface area contributed by atoms with Crippen molar-refractivity contribution >= 4 is 53.6 Å². The summed E-state index contributed by atoms with van der Waals surface area (Å²) >= 11 is 10.3. The minimum atomic E-state index is 0.370. The number of nitrogens with zero attached hydrogens (tertiary/aromatic N) is 3. The van der Waals surface area contributed by atoms with Crippen LogP contribution in [-0.2, 0) is 0 Å². The van der Waals surface area contributed by atoms with Gasteiger partial charge in [-0.1, -0.05) is 30.3 Å². The third-order valence-electron chi connectivity index (χ3n) is 3.46. The smallest absolute Gasteiger partial charge is 0.163 e. The zero-order valence-electron chi connectivity index (χ0n) is 10.6. The number of halogens is 3. The summed E-state index contributed by atoms with van der Waals surface area (Å²) < 4.78 is 2.22. The van der Waals surface area contributed by atoms with E-state index in [1.807, 2.05) is 0 Å². The van der Waals surface area contributed by atoms with Gasteiger partial charge in [0, 0.05) is 6.54 Å². The Bertz CT molecular complexity index is 619. The van der Waals surface area contributed by atoms with Crippen LogP contribution in [0.2, 0.25) is 0 Å². The molecule has 0 bridgehead atoms. The van der Waals surface area contributed by atoms with Gasteiger partial charge in [-0.2, -0.15) is 0 Å². The second kappa shape index (κ2) is 6.12. The molecule has 6 heteroatoms. The average molecular weight is 462 g/mol. The first-order valence-corrected chi connectivity index (χ1v) is 8.75. The summed E-state index contributed by atoms with van der Waals surface area (Å²) in [6.45, 7) is 1.00. The van der Waals surface area contributed by atoms with Crippen molar-refractivity contribution in [3.05, 3.63) is 49.7 Å². The molecule has 1 aliphatic heterocycles. The van der Waals surface area contributed by atoms with Gasteiger partial charge in [0.2, 0.25) is 0 Å². The minimum Gasteiger partial charge on any atom is -0.347 e. The molecule has 2 heterocycles. The van der Waals surface area contributed by atoms with Gasteiger partial charge in [-0.3, -0.25) is 0 Å². The Hall–Kier alpha value is -0.460. The molecular weight excluding hydrogens is 450 g/mol. The molecule has 0 saturated carbocycles. The third-order valence-corrected chi connectivity index (χ3v) is 5.63. The third kappa shape index (κ3) is 2.78. The molecule has 1 aromatic heterocycles. The topological polar surface area (TPSA) is 29.0 Å². The van der Waals surface area contributed by atoms with Crippen LogP contribution in [0.3, 0.4) is 0 Å². The van der Waals surface area contributed by atoms with Crippen LogP contribution < -0.4 is 4.90 Å². The maximum Gasteiger partial charge on any atom is 0.163 e. The predicted octanol–water partition coefficient (Wildman–Crippen LogP) is 5.11. The molecule has 1 aromatic carbocycles. The normalized spacial score (nSPS) is 18.6. The van der Waals surface area contributed by atoms with Crippen LogP contribution >= 0.6 is 47.8 Å². The van der Waals surface area contributed by atoms with Crippen LogP contribution in [0, 0.1) is 0 Å². The van der Waals surface area contributed by atoms with Crippen LogP contribution in [0.5, 0.6) is 0 Å². The number of rotatable bonds is 2. The molecule has 0 aliphatic carbocycles. The van der Waals surface area contributed by atoms with E-state index in [1.54, 1.807) is 0 Å². The predicted molar refractivity (Wildman–Crippen MR) is 90.9 cm³/mol. The quantitative estimate of drug-likeness (QED) is 0.622. The van der Waals surface area contributed by atoms with Gasteiger partial charge in [0.15, 0.2) is 5.82 Å². The second-order valence-corrected chi connectivity index (χ2v) is 6.94. The van der Waals surface area contributed by atoms with Crippen molar-refractivity contribution < 1.29 is 0 Å². The van der Waals surface area contributed by atoms with E-state index in [1.165, 1.54) is 12.0 Å². The van der Waals surface area contributed by atoms with Gasteiger partial charge >= 0.3 is 0 Å². The molecule has 1 fully saturated rings. The molecule has 3 nitrogen and oxygen atoms in total. The molecular formula is C14H12Br3N3. The Kier molecular flexibility index (Phi) is 4.43. The lowest BCUT2D eigenvalue weighted by Crippen LogP contribution is -2.24. The van der Waals surface area contributed by atoms with Crippen LogP contribution in [0.1, 0.15) is 24.4 Å². The maximum atomic E-state index is 4.62. The van der Waals surface area contributed by atoms with Crippen molar-refractivity contribution in [2.45, 2.75) is 18.9 Å². The first-order valence-electron chi connectivity index (χ1n) is 6.37. The highest BCUT2D eigenvalue weighted by Crippen LogP contribution is 2.39. The summed E-state index contributed by atoms with van der Waals surface area (Å²) in [5, 5.41) is 0. The summed E-state index contributed by atoms with van der Waals surface area (Å²) in [6.07, 6.45) is 2.31. The highest BCUT2D eigenvalue weighted by atomic mass is 79.9. The van der Waals surface area contributed by atoms with E-state index < -0.39 is 0 Å². The Morgan fingerprint density at radius 2 is 1.65 bits per heavy atom. The number of aromatic nitrogens is 2. The molecule has 20 heavy (non-hydrogen) atoms. The number of hydrogen-bond donors (Lipinski definition) is 0. The number of anilines is 1. The van der Waals surface area contributed by atoms with E-state index in [4.69, 9.17) is 0 Å². The van der Waals surface area contributed by atoms with Crippen molar-refractivity contribution in [2.24, 2.45) is 0 Å². The van der Waals surface area contributed by atoms with Crippen LogP contribution in [-0.4, -0.2) is 16.5 Å². The molecule has 0 radical (unpaired) electrons. The molecule has 1 unspecified atom stereocenters. The molecule has 104 valence electrons. The fourth-order valence-corrected chi connectivity index (χ4v) is 3.85. The van der Waals surface area contributed by atoms with Gasteiger partial charge in [-0.15, -0.1) is 0 Å². The molecule has 0 N–H and O–H groups in total. The van der Waals surface area contributed by atoms with Crippen LogP contribution in [0.4, 0.5) is 5.82 Å². The summed E-state index contributed by atoms with van der Waals surface area (Å²) in [5.41, 5.74) is 1.33. The number of hydrogen-bond acceptors (Lipinski definition) is 3. The van der Waals surface area contributed by atoms with E-state index in [0.29, 0.717) is 10.6 Å². The summed E-state index contributed by atoms with van der Waals surface area (Å²) in [5.74, 6) is 0.895. The van der Waals surface area contributed by atoms with Gasteiger partial charge in [-0.05, 0) is 66.2 Å². The average Bonchev–Trinajstić information content (AvgIpc) is 2.93. The Labute approximate surface area is 143 Å². The lowest BCUT2D eigenvalue weighted by atomic mass is 10.0. The summed E-state index contributed by atoms with van der Waals surface area (Å²) in [6, 6.07) is 11.0. The first-order chi connectivity index (χ1) is 9.66. The van der Waals surface area contributed by atoms with Crippen LogP contribution in [0.25, 0.3) is 0 Å². The zero-order chi connectivity index (χ0) is 14.1.